The van der Waals surface area contributed by atoms with E-state index in [1.165, 1.54) is 5.56 Å². The Bertz CT molecular complexity index is 352. The molecule has 3 heteroatoms. The van der Waals surface area contributed by atoms with Gasteiger partial charge in [-0.1, -0.05) is 46.3 Å². The van der Waals surface area contributed by atoms with Crippen molar-refractivity contribution in [2.75, 3.05) is 13.1 Å². The van der Waals surface area contributed by atoms with E-state index in [9.17, 15) is 4.79 Å². The zero-order chi connectivity index (χ0) is 11.4. The summed E-state index contributed by atoms with van der Waals surface area (Å²) in [6, 6.07) is 10.4. The SMILES string of the molecule is O=C1CC(Br)CN1CCCc1ccccc1. The van der Waals surface area contributed by atoms with E-state index in [0.29, 0.717) is 11.2 Å². The zero-order valence-corrected chi connectivity index (χ0v) is 10.8. The van der Waals surface area contributed by atoms with Crippen LogP contribution >= 0.6 is 15.9 Å². The molecule has 1 fully saturated rings. The summed E-state index contributed by atoms with van der Waals surface area (Å²) in [4.78, 5) is 13.8. The lowest BCUT2D eigenvalue weighted by Gasteiger charge is -2.15. The zero-order valence-electron chi connectivity index (χ0n) is 9.23. The van der Waals surface area contributed by atoms with E-state index in [-0.39, 0.29) is 5.91 Å². The maximum Gasteiger partial charge on any atom is 0.223 e. The number of benzene rings is 1. The Morgan fingerprint density at radius 1 is 1.31 bits per heavy atom. The molecular weight excluding hydrogens is 266 g/mol. The summed E-state index contributed by atoms with van der Waals surface area (Å²) in [6.07, 6.45) is 2.76. The van der Waals surface area contributed by atoms with Crippen LogP contribution in [0.15, 0.2) is 30.3 Å². The van der Waals surface area contributed by atoms with Crippen molar-refractivity contribution in [1.29, 1.82) is 0 Å². The van der Waals surface area contributed by atoms with Gasteiger partial charge >= 0.3 is 0 Å². The molecule has 1 saturated heterocycles. The average molecular weight is 282 g/mol. The minimum Gasteiger partial charge on any atom is -0.342 e. The fourth-order valence-electron chi connectivity index (χ4n) is 2.06. The van der Waals surface area contributed by atoms with Crippen molar-refractivity contribution >= 4 is 21.8 Å². The van der Waals surface area contributed by atoms with Crippen molar-refractivity contribution in [1.82, 2.24) is 4.90 Å². The highest BCUT2D eigenvalue weighted by molar-refractivity contribution is 9.09. The van der Waals surface area contributed by atoms with Gasteiger partial charge in [-0.05, 0) is 18.4 Å². The summed E-state index contributed by atoms with van der Waals surface area (Å²) in [6.45, 7) is 1.75. The lowest BCUT2D eigenvalue weighted by Crippen LogP contribution is -2.26. The highest BCUT2D eigenvalue weighted by atomic mass is 79.9. The lowest BCUT2D eigenvalue weighted by molar-refractivity contribution is -0.127. The molecule has 0 aliphatic carbocycles. The van der Waals surface area contributed by atoms with Gasteiger partial charge in [0.25, 0.3) is 0 Å². The van der Waals surface area contributed by atoms with Gasteiger partial charge in [0, 0.05) is 24.3 Å². The summed E-state index contributed by atoms with van der Waals surface area (Å²) in [5, 5.41) is 0. The number of halogens is 1. The van der Waals surface area contributed by atoms with Gasteiger partial charge in [0.1, 0.15) is 0 Å². The first-order valence-corrected chi connectivity index (χ1v) is 6.63. The second kappa shape index (κ2) is 5.48. The molecule has 0 saturated carbocycles. The Balaban J connectivity index is 1.74. The molecule has 16 heavy (non-hydrogen) atoms. The Morgan fingerprint density at radius 2 is 2.06 bits per heavy atom. The molecule has 2 nitrogen and oxygen atoms in total. The van der Waals surface area contributed by atoms with Crippen LogP contribution in [-0.2, 0) is 11.2 Å². The van der Waals surface area contributed by atoms with Crippen LogP contribution in [0.4, 0.5) is 0 Å². The van der Waals surface area contributed by atoms with Gasteiger partial charge in [0.2, 0.25) is 5.91 Å². The van der Waals surface area contributed by atoms with Crippen LogP contribution < -0.4 is 0 Å². The van der Waals surface area contributed by atoms with E-state index in [2.05, 4.69) is 40.2 Å². The molecule has 1 heterocycles. The largest absolute Gasteiger partial charge is 0.342 e. The number of nitrogens with zero attached hydrogens (tertiary/aromatic N) is 1. The van der Waals surface area contributed by atoms with Crippen molar-refractivity contribution < 1.29 is 4.79 Å². The molecule has 1 aromatic rings. The molecule has 0 N–H and O–H groups in total. The summed E-state index contributed by atoms with van der Waals surface area (Å²) < 4.78 is 0. The normalized spacial score (nSPS) is 20.4. The maximum atomic E-state index is 11.5. The minimum atomic E-state index is 0.287. The molecule has 1 atom stereocenters. The molecule has 0 bridgehead atoms. The van der Waals surface area contributed by atoms with Gasteiger partial charge in [-0.2, -0.15) is 0 Å². The molecule has 1 aromatic carbocycles. The molecule has 1 aliphatic heterocycles. The van der Waals surface area contributed by atoms with Gasteiger partial charge < -0.3 is 4.90 Å². The van der Waals surface area contributed by atoms with Crippen molar-refractivity contribution in [3.63, 3.8) is 0 Å². The average Bonchev–Trinajstić information content (AvgIpc) is 2.59. The summed E-state index contributed by atoms with van der Waals surface area (Å²) in [5.74, 6) is 0.287. The van der Waals surface area contributed by atoms with Crippen molar-refractivity contribution in [2.24, 2.45) is 0 Å². The van der Waals surface area contributed by atoms with E-state index < -0.39 is 0 Å². The Kier molecular flexibility index (Phi) is 3.99. The van der Waals surface area contributed by atoms with E-state index in [1.807, 2.05) is 11.0 Å². The third-order valence-corrected chi connectivity index (χ3v) is 3.52. The molecule has 0 aromatic heterocycles. The first-order chi connectivity index (χ1) is 7.75. The van der Waals surface area contributed by atoms with Gasteiger partial charge in [-0.3, -0.25) is 4.79 Å². The van der Waals surface area contributed by atoms with Crippen LogP contribution in [0, 0.1) is 0 Å². The first-order valence-electron chi connectivity index (χ1n) is 5.71. The lowest BCUT2D eigenvalue weighted by atomic mass is 10.1. The maximum absolute atomic E-state index is 11.5. The number of rotatable bonds is 4. The van der Waals surface area contributed by atoms with Gasteiger partial charge in [0.15, 0.2) is 0 Å². The molecule has 1 unspecified atom stereocenters. The second-order valence-electron chi connectivity index (χ2n) is 4.23. The smallest absolute Gasteiger partial charge is 0.223 e. The van der Waals surface area contributed by atoms with Gasteiger partial charge in [-0.15, -0.1) is 0 Å². The molecule has 0 spiro atoms. The van der Waals surface area contributed by atoms with Crippen LogP contribution in [0.5, 0.6) is 0 Å². The summed E-state index contributed by atoms with van der Waals surface area (Å²) >= 11 is 3.49. The number of likely N-dealkylation sites (tertiary alicyclic amines) is 1. The minimum absolute atomic E-state index is 0.287. The van der Waals surface area contributed by atoms with Crippen LogP contribution in [-0.4, -0.2) is 28.7 Å². The number of aryl methyl sites for hydroxylation is 1. The number of hydrogen-bond acceptors (Lipinski definition) is 1. The fraction of sp³-hybridized carbons (Fsp3) is 0.462. The number of hydrogen-bond donors (Lipinski definition) is 0. The Morgan fingerprint density at radius 3 is 2.69 bits per heavy atom. The number of carbonyl (C=O) groups excluding carboxylic acids is 1. The second-order valence-corrected chi connectivity index (χ2v) is 5.53. The van der Waals surface area contributed by atoms with Crippen molar-refractivity contribution in [3.05, 3.63) is 35.9 Å². The number of carbonyl (C=O) groups is 1. The topological polar surface area (TPSA) is 20.3 Å². The first kappa shape index (κ1) is 11.6. The fourth-order valence-corrected chi connectivity index (χ4v) is 2.69. The molecule has 2 rings (SSSR count). The third kappa shape index (κ3) is 3.08. The molecule has 1 aliphatic rings. The number of amides is 1. The van der Waals surface area contributed by atoms with Gasteiger partial charge in [0.05, 0.1) is 0 Å². The van der Waals surface area contributed by atoms with Crippen LogP contribution in [0.2, 0.25) is 0 Å². The van der Waals surface area contributed by atoms with Crippen LogP contribution in [0.1, 0.15) is 18.4 Å². The third-order valence-electron chi connectivity index (χ3n) is 2.90. The Labute approximate surface area is 105 Å². The van der Waals surface area contributed by atoms with E-state index in [0.717, 1.165) is 25.9 Å². The standard InChI is InChI=1S/C13H16BrNO/c14-12-9-13(16)15(10-12)8-4-7-11-5-2-1-3-6-11/h1-3,5-6,12H,4,7-10H2. The van der Waals surface area contributed by atoms with Crippen molar-refractivity contribution in [2.45, 2.75) is 24.1 Å². The van der Waals surface area contributed by atoms with E-state index in [4.69, 9.17) is 0 Å². The molecule has 1 amide bonds. The van der Waals surface area contributed by atoms with E-state index >= 15 is 0 Å². The van der Waals surface area contributed by atoms with Crippen molar-refractivity contribution in [3.8, 4) is 0 Å². The highest BCUT2D eigenvalue weighted by Gasteiger charge is 2.26. The predicted molar refractivity (Wildman–Crippen MR) is 68.7 cm³/mol. The molecular formula is C13H16BrNO. The molecule has 86 valence electrons. The van der Waals surface area contributed by atoms with Crippen LogP contribution in [0.25, 0.3) is 0 Å². The molecule has 0 radical (unpaired) electrons. The quantitative estimate of drug-likeness (QED) is 0.777. The van der Waals surface area contributed by atoms with Gasteiger partial charge in [-0.25, -0.2) is 0 Å². The summed E-state index contributed by atoms with van der Waals surface area (Å²) in [5.41, 5.74) is 1.35. The number of alkyl halides is 1. The predicted octanol–water partition coefficient (Wildman–Crippen LogP) is 2.62. The van der Waals surface area contributed by atoms with E-state index in [1.54, 1.807) is 0 Å². The monoisotopic (exact) mass is 281 g/mol. The summed E-state index contributed by atoms with van der Waals surface area (Å²) in [7, 11) is 0. The van der Waals surface area contributed by atoms with Crippen LogP contribution in [0.3, 0.4) is 0 Å². The Hall–Kier alpha value is -0.830. The highest BCUT2D eigenvalue weighted by Crippen LogP contribution is 2.18.